The van der Waals surface area contributed by atoms with Gasteiger partial charge < -0.3 is 4.74 Å². The Balaban J connectivity index is 2.09. The van der Waals surface area contributed by atoms with E-state index < -0.39 is 0 Å². The highest BCUT2D eigenvalue weighted by Gasteiger charge is 2.20. The number of rotatable bonds is 3. The number of hydrogen-bond acceptors (Lipinski definition) is 4. The molecule has 3 heterocycles. The lowest BCUT2D eigenvalue weighted by atomic mass is 10.0. The second-order valence-corrected chi connectivity index (χ2v) is 6.69. The third-order valence-corrected chi connectivity index (χ3v) is 4.67. The summed E-state index contributed by atoms with van der Waals surface area (Å²) in [6.45, 7) is 0. The lowest BCUT2D eigenvalue weighted by molar-refractivity contribution is 0.416. The maximum Gasteiger partial charge on any atom is 0.266 e. The number of hydrogen-bond donors (Lipinski definition) is 0. The number of aryl methyl sites for hydroxylation is 1. The molecule has 0 aliphatic rings. The van der Waals surface area contributed by atoms with E-state index in [-0.39, 0.29) is 5.56 Å². The van der Waals surface area contributed by atoms with E-state index in [9.17, 15) is 4.79 Å². The molecule has 4 rings (SSSR count). The second kappa shape index (κ2) is 6.42. The number of fused-ring (bicyclic) bond motifs is 1. The highest BCUT2D eigenvalue weighted by atomic mass is 79.9. The van der Waals surface area contributed by atoms with E-state index in [4.69, 9.17) is 9.84 Å². The largest absolute Gasteiger partial charge is 0.496 e. The molecule has 0 atom stereocenters. The van der Waals surface area contributed by atoms with E-state index in [1.54, 1.807) is 24.7 Å². The van der Waals surface area contributed by atoms with Crippen LogP contribution in [-0.2, 0) is 7.05 Å². The number of benzene rings is 1. The Kier molecular flexibility index (Phi) is 4.08. The summed E-state index contributed by atoms with van der Waals surface area (Å²) in [5.41, 5.74) is 3.84. The van der Waals surface area contributed by atoms with E-state index in [1.807, 2.05) is 42.6 Å². The zero-order valence-corrected chi connectivity index (χ0v) is 15.8. The van der Waals surface area contributed by atoms with Crippen molar-refractivity contribution in [3.8, 4) is 28.3 Å². The first-order valence-electron chi connectivity index (χ1n) is 7.94. The fourth-order valence-electron chi connectivity index (χ4n) is 2.94. The first kappa shape index (κ1) is 16.5. The molecule has 0 aliphatic carbocycles. The SMILES string of the molecule is COc1ccc(Br)cc1-c1nn2ccccc2c1-c1ccc(=O)n(C)n1. The van der Waals surface area contributed by atoms with E-state index in [0.29, 0.717) is 11.4 Å². The van der Waals surface area contributed by atoms with Crippen LogP contribution in [0.15, 0.2) is 64.0 Å². The predicted octanol–water partition coefficient (Wildman–Crippen LogP) is 3.53. The van der Waals surface area contributed by atoms with Gasteiger partial charge in [-0.15, -0.1) is 0 Å². The van der Waals surface area contributed by atoms with E-state index in [1.165, 1.54) is 10.7 Å². The van der Waals surface area contributed by atoms with Crippen LogP contribution < -0.4 is 10.3 Å². The molecular formula is C19H15BrN4O2. The number of nitrogens with zero attached hydrogens (tertiary/aromatic N) is 4. The molecule has 4 aromatic rings. The molecule has 7 heteroatoms. The Morgan fingerprint density at radius 2 is 1.92 bits per heavy atom. The standard InChI is InChI=1S/C19H15BrN4O2/c1-23-17(25)9-7-14(21-23)18-15-5-3-4-10-24(15)22-19(18)13-11-12(20)6-8-16(13)26-2/h3-11H,1-2H3. The van der Waals surface area contributed by atoms with Gasteiger partial charge in [0, 0.05) is 29.3 Å². The fraction of sp³-hybridized carbons (Fsp3) is 0.105. The number of aromatic nitrogens is 4. The maximum atomic E-state index is 11.8. The summed E-state index contributed by atoms with van der Waals surface area (Å²) in [4.78, 5) is 11.8. The molecular weight excluding hydrogens is 396 g/mol. The zero-order chi connectivity index (χ0) is 18.3. The molecule has 0 aliphatic heterocycles. The van der Waals surface area contributed by atoms with Crippen LogP contribution in [0.2, 0.25) is 0 Å². The van der Waals surface area contributed by atoms with E-state index >= 15 is 0 Å². The van der Waals surface area contributed by atoms with Gasteiger partial charge in [0.25, 0.3) is 5.56 Å². The normalized spacial score (nSPS) is 11.0. The molecule has 0 saturated carbocycles. The van der Waals surface area contributed by atoms with Gasteiger partial charge in [-0.3, -0.25) is 4.79 Å². The highest BCUT2D eigenvalue weighted by molar-refractivity contribution is 9.10. The molecule has 26 heavy (non-hydrogen) atoms. The number of ether oxygens (including phenoxy) is 1. The molecule has 0 unspecified atom stereocenters. The van der Waals surface area contributed by atoms with E-state index in [2.05, 4.69) is 21.0 Å². The summed E-state index contributed by atoms with van der Waals surface area (Å²) in [6.07, 6.45) is 1.88. The number of methoxy groups -OCH3 is 1. The van der Waals surface area contributed by atoms with Crippen molar-refractivity contribution in [2.45, 2.75) is 0 Å². The van der Waals surface area contributed by atoms with Gasteiger partial charge >= 0.3 is 0 Å². The van der Waals surface area contributed by atoms with Gasteiger partial charge in [0.15, 0.2) is 0 Å². The summed E-state index contributed by atoms with van der Waals surface area (Å²) in [6, 6.07) is 14.8. The highest BCUT2D eigenvalue weighted by Crippen LogP contribution is 2.39. The Morgan fingerprint density at radius 1 is 1.08 bits per heavy atom. The van der Waals surface area contributed by atoms with Crippen LogP contribution in [0.4, 0.5) is 0 Å². The van der Waals surface area contributed by atoms with Gasteiger partial charge in [-0.1, -0.05) is 22.0 Å². The van der Waals surface area contributed by atoms with Crippen LogP contribution >= 0.6 is 15.9 Å². The average Bonchev–Trinajstić information content (AvgIpc) is 3.03. The van der Waals surface area contributed by atoms with Crippen molar-refractivity contribution < 1.29 is 4.74 Å². The molecule has 0 bridgehead atoms. The zero-order valence-electron chi connectivity index (χ0n) is 14.2. The fourth-order valence-corrected chi connectivity index (χ4v) is 3.30. The Morgan fingerprint density at radius 3 is 2.69 bits per heavy atom. The van der Waals surface area contributed by atoms with Gasteiger partial charge in [0.1, 0.15) is 11.4 Å². The van der Waals surface area contributed by atoms with Gasteiger partial charge in [-0.2, -0.15) is 10.2 Å². The first-order valence-corrected chi connectivity index (χ1v) is 8.74. The third kappa shape index (κ3) is 2.70. The second-order valence-electron chi connectivity index (χ2n) is 5.78. The number of halogens is 1. The Bertz CT molecular complexity index is 1180. The molecule has 6 nitrogen and oxygen atoms in total. The number of pyridine rings is 1. The van der Waals surface area contributed by atoms with Crippen molar-refractivity contribution in [3.63, 3.8) is 0 Å². The molecule has 0 N–H and O–H groups in total. The minimum absolute atomic E-state index is 0.160. The van der Waals surface area contributed by atoms with Crippen LogP contribution in [0.25, 0.3) is 28.0 Å². The molecule has 0 fully saturated rings. The molecule has 0 spiro atoms. The maximum absolute atomic E-state index is 11.8. The molecule has 3 aromatic heterocycles. The van der Waals surface area contributed by atoms with Crippen LogP contribution in [0.5, 0.6) is 5.75 Å². The molecule has 0 radical (unpaired) electrons. The summed E-state index contributed by atoms with van der Waals surface area (Å²) in [5, 5.41) is 9.18. The third-order valence-electron chi connectivity index (χ3n) is 4.17. The minimum atomic E-state index is -0.160. The van der Waals surface area contributed by atoms with Crippen molar-refractivity contribution in [2.24, 2.45) is 7.05 Å². The quantitative estimate of drug-likeness (QED) is 0.518. The average molecular weight is 411 g/mol. The van der Waals surface area contributed by atoms with Gasteiger partial charge in [0.2, 0.25) is 0 Å². The van der Waals surface area contributed by atoms with Gasteiger partial charge in [-0.05, 0) is 36.4 Å². The van der Waals surface area contributed by atoms with Gasteiger partial charge in [-0.25, -0.2) is 9.20 Å². The Hall–Kier alpha value is -2.93. The van der Waals surface area contributed by atoms with Crippen molar-refractivity contribution in [2.75, 3.05) is 7.11 Å². The predicted molar refractivity (Wildman–Crippen MR) is 103 cm³/mol. The van der Waals surface area contributed by atoms with Crippen LogP contribution in [0.1, 0.15) is 0 Å². The molecule has 0 amide bonds. The Labute approximate surface area is 157 Å². The lowest BCUT2D eigenvalue weighted by Gasteiger charge is -2.09. The summed E-state index contributed by atoms with van der Waals surface area (Å²) in [7, 11) is 3.27. The smallest absolute Gasteiger partial charge is 0.266 e. The first-order chi connectivity index (χ1) is 12.6. The van der Waals surface area contributed by atoms with Crippen molar-refractivity contribution >= 4 is 21.4 Å². The summed E-state index contributed by atoms with van der Waals surface area (Å²) < 4.78 is 9.59. The van der Waals surface area contributed by atoms with Gasteiger partial charge in [0.05, 0.1) is 23.9 Å². The van der Waals surface area contributed by atoms with Crippen LogP contribution in [0.3, 0.4) is 0 Å². The summed E-state index contributed by atoms with van der Waals surface area (Å²) >= 11 is 3.52. The molecule has 1 aromatic carbocycles. The van der Waals surface area contributed by atoms with Crippen LogP contribution in [-0.4, -0.2) is 26.5 Å². The van der Waals surface area contributed by atoms with Crippen molar-refractivity contribution in [3.05, 3.63) is 69.6 Å². The summed E-state index contributed by atoms with van der Waals surface area (Å²) in [5.74, 6) is 0.711. The van der Waals surface area contributed by atoms with Crippen molar-refractivity contribution in [1.82, 2.24) is 19.4 Å². The van der Waals surface area contributed by atoms with E-state index in [0.717, 1.165) is 26.8 Å². The lowest BCUT2D eigenvalue weighted by Crippen LogP contribution is -2.18. The van der Waals surface area contributed by atoms with Crippen LogP contribution in [0, 0.1) is 0 Å². The molecule has 130 valence electrons. The topological polar surface area (TPSA) is 61.4 Å². The monoisotopic (exact) mass is 410 g/mol. The minimum Gasteiger partial charge on any atom is -0.496 e. The molecule has 0 saturated heterocycles. The van der Waals surface area contributed by atoms with Crippen molar-refractivity contribution in [1.29, 1.82) is 0 Å².